The number of nitrogens with zero attached hydrogens (tertiary/aromatic N) is 1. The van der Waals surface area contributed by atoms with Crippen LogP contribution < -0.4 is 0 Å². The third kappa shape index (κ3) is 4.78. The molecule has 0 bridgehead atoms. The van der Waals surface area contributed by atoms with Crippen LogP contribution in [0.1, 0.15) is 12.2 Å². The van der Waals surface area contributed by atoms with Crippen LogP contribution in [0.4, 0.5) is 0 Å². The summed E-state index contributed by atoms with van der Waals surface area (Å²) in [5.74, 6) is 1.06. The minimum absolute atomic E-state index is 0.757. The van der Waals surface area contributed by atoms with Crippen LogP contribution in [0.3, 0.4) is 0 Å². The molecule has 0 spiro atoms. The fourth-order valence-electron chi connectivity index (χ4n) is 2.47. The zero-order valence-corrected chi connectivity index (χ0v) is 14.0. The lowest BCUT2D eigenvalue weighted by atomic mass is 10.2. The van der Waals surface area contributed by atoms with Gasteiger partial charge < -0.3 is 9.15 Å². The Bertz CT molecular complexity index is 579. The monoisotopic (exact) mass is 337 g/mol. The summed E-state index contributed by atoms with van der Waals surface area (Å²) in [6.07, 6.45) is 2.11. The van der Waals surface area contributed by atoms with Crippen LogP contribution in [-0.2, 0) is 11.2 Å². The molecule has 118 valence electrons. The first-order valence-corrected chi connectivity index (χ1v) is 8.81. The normalized spacial score (nSPS) is 16.0. The van der Waals surface area contributed by atoms with Crippen molar-refractivity contribution in [3.05, 3.63) is 47.2 Å². The van der Waals surface area contributed by atoms with E-state index in [-0.39, 0.29) is 0 Å². The molecule has 0 atom stereocenters. The first kappa shape index (κ1) is 15.9. The Kier molecular flexibility index (Phi) is 5.84. The Hall–Kier alpha value is -0.940. The largest absolute Gasteiger partial charge is 0.455 e. The average Bonchev–Trinajstić information content (AvgIpc) is 2.98. The van der Waals surface area contributed by atoms with Crippen molar-refractivity contribution in [3.8, 4) is 0 Å². The van der Waals surface area contributed by atoms with Crippen molar-refractivity contribution < 1.29 is 9.15 Å². The number of rotatable bonds is 6. The van der Waals surface area contributed by atoms with Crippen molar-refractivity contribution in [1.29, 1.82) is 0 Å². The van der Waals surface area contributed by atoms with Crippen molar-refractivity contribution in [2.24, 2.45) is 0 Å². The summed E-state index contributed by atoms with van der Waals surface area (Å²) in [5, 5.41) is 1.69. The van der Waals surface area contributed by atoms with Crippen LogP contribution in [0.25, 0.3) is 0 Å². The fourth-order valence-corrected chi connectivity index (χ4v) is 3.38. The van der Waals surface area contributed by atoms with Gasteiger partial charge in [-0.3, -0.25) is 4.90 Å². The van der Waals surface area contributed by atoms with Gasteiger partial charge in [-0.2, -0.15) is 0 Å². The lowest BCUT2D eigenvalue weighted by Crippen LogP contribution is -2.36. The molecule has 0 saturated carbocycles. The molecule has 1 aromatic carbocycles. The summed E-state index contributed by atoms with van der Waals surface area (Å²) in [5.41, 5.74) is 0. The van der Waals surface area contributed by atoms with Crippen molar-refractivity contribution in [2.75, 3.05) is 32.8 Å². The van der Waals surface area contributed by atoms with Gasteiger partial charge in [0.05, 0.1) is 13.2 Å². The number of halogens is 1. The standard InChI is InChI=1S/C17H20ClNO2S/c18-14-3-6-16(7-4-14)22-17-8-5-15(21-17)2-1-9-19-10-12-20-13-11-19/h3-8H,1-2,9-13H2. The molecular formula is C17H20ClNO2S. The third-order valence-electron chi connectivity index (χ3n) is 3.67. The van der Waals surface area contributed by atoms with E-state index in [1.54, 1.807) is 11.8 Å². The summed E-state index contributed by atoms with van der Waals surface area (Å²) in [6.45, 7) is 4.95. The number of morpholine rings is 1. The molecule has 1 fully saturated rings. The molecule has 1 aliphatic rings. The van der Waals surface area contributed by atoms with Crippen molar-refractivity contribution in [1.82, 2.24) is 4.90 Å². The lowest BCUT2D eigenvalue weighted by Gasteiger charge is -2.26. The number of ether oxygens (including phenoxy) is 1. The Morgan fingerprint density at radius 2 is 1.82 bits per heavy atom. The van der Waals surface area contributed by atoms with E-state index >= 15 is 0 Å². The van der Waals surface area contributed by atoms with E-state index in [4.69, 9.17) is 20.8 Å². The summed E-state index contributed by atoms with van der Waals surface area (Å²) < 4.78 is 11.3. The van der Waals surface area contributed by atoms with E-state index in [2.05, 4.69) is 11.0 Å². The molecule has 0 amide bonds. The predicted molar refractivity (Wildman–Crippen MR) is 89.9 cm³/mol. The van der Waals surface area contributed by atoms with Crippen LogP contribution in [0, 0.1) is 0 Å². The highest BCUT2D eigenvalue weighted by atomic mass is 35.5. The van der Waals surface area contributed by atoms with Gasteiger partial charge in [0.2, 0.25) is 0 Å². The highest BCUT2D eigenvalue weighted by Gasteiger charge is 2.10. The minimum Gasteiger partial charge on any atom is -0.455 e. The van der Waals surface area contributed by atoms with Crippen molar-refractivity contribution >= 4 is 23.4 Å². The molecule has 1 saturated heterocycles. The van der Waals surface area contributed by atoms with Gasteiger partial charge in [0.25, 0.3) is 0 Å². The number of aryl methyl sites for hydroxylation is 1. The molecule has 3 nitrogen and oxygen atoms in total. The smallest absolute Gasteiger partial charge is 0.165 e. The number of benzene rings is 1. The highest BCUT2D eigenvalue weighted by molar-refractivity contribution is 7.99. The maximum absolute atomic E-state index is 5.90. The quantitative estimate of drug-likeness (QED) is 0.782. The van der Waals surface area contributed by atoms with Crippen LogP contribution in [0.2, 0.25) is 5.02 Å². The van der Waals surface area contributed by atoms with Crippen LogP contribution in [0.15, 0.2) is 50.8 Å². The van der Waals surface area contributed by atoms with E-state index in [0.717, 1.165) is 66.5 Å². The molecule has 0 N–H and O–H groups in total. The van der Waals surface area contributed by atoms with Gasteiger partial charge in [-0.1, -0.05) is 23.4 Å². The predicted octanol–water partition coefficient (Wildman–Crippen LogP) is 4.35. The molecule has 2 aromatic rings. The highest BCUT2D eigenvalue weighted by Crippen LogP contribution is 2.30. The molecule has 22 heavy (non-hydrogen) atoms. The maximum Gasteiger partial charge on any atom is 0.165 e. The summed E-state index contributed by atoms with van der Waals surface area (Å²) in [4.78, 5) is 3.59. The van der Waals surface area contributed by atoms with Gasteiger partial charge >= 0.3 is 0 Å². The average molecular weight is 338 g/mol. The Labute approximate surface area is 140 Å². The summed E-state index contributed by atoms with van der Waals surface area (Å²) in [7, 11) is 0. The zero-order chi connectivity index (χ0) is 15.2. The summed E-state index contributed by atoms with van der Waals surface area (Å²) >= 11 is 7.52. The van der Waals surface area contributed by atoms with E-state index in [1.165, 1.54) is 0 Å². The molecule has 1 aromatic heterocycles. The second-order valence-electron chi connectivity index (χ2n) is 5.33. The Morgan fingerprint density at radius 3 is 2.59 bits per heavy atom. The Morgan fingerprint density at radius 1 is 1.05 bits per heavy atom. The van der Waals surface area contributed by atoms with Crippen LogP contribution >= 0.6 is 23.4 Å². The van der Waals surface area contributed by atoms with E-state index in [1.807, 2.05) is 30.3 Å². The van der Waals surface area contributed by atoms with Crippen LogP contribution in [0.5, 0.6) is 0 Å². The van der Waals surface area contributed by atoms with E-state index < -0.39 is 0 Å². The molecule has 5 heteroatoms. The molecule has 0 radical (unpaired) electrons. The van der Waals surface area contributed by atoms with Gasteiger partial charge in [-0.15, -0.1) is 0 Å². The first-order valence-electron chi connectivity index (χ1n) is 7.62. The molecule has 2 heterocycles. The fraction of sp³-hybridized carbons (Fsp3) is 0.412. The SMILES string of the molecule is Clc1ccc(Sc2ccc(CCCN3CCOCC3)o2)cc1. The second-order valence-corrected chi connectivity index (χ2v) is 6.85. The van der Waals surface area contributed by atoms with Gasteiger partial charge in [-0.05, 0) is 49.4 Å². The molecule has 0 aliphatic carbocycles. The van der Waals surface area contributed by atoms with E-state index in [9.17, 15) is 0 Å². The lowest BCUT2D eigenvalue weighted by molar-refractivity contribution is 0.0373. The van der Waals surface area contributed by atoms with Gasteiger partial charge in [0, 0.05) is 29.4 Å². The topological polar surface area (TPSA) is 25.6 Å². The number of hydrogen-bond donors (Lipinski definition) is 0. The molecule has 0 unspecified atom stereocenters. The number of furan rings is 1. The van der Waals surface area contributed by atoms with Gasteiger partial charge in [-0.25, -0.2) is 0 Å². The number of hydrogen-bond acceptors (Lipinski definition) is 4. The van der Waals surface area contributed by atoms with Crippen LogP contribution in [-0.4, -0.2) is 37.7 Å². The third-order valence-corrected chi connectivity index (χ3v) is 4.85. The molecule has 3 rings (SSSR count). The van der Waals surface area contributed by atoms with Gasteiger partial charge in [0.1, 0.15) is 5.76 Å². The zero-order valence-electron chi connectivity index (χ0n) is 12.5. The molecule has 1 aliphatic heterocycles. The van der Waals surface area contributed by atoms with Crippen molar-refractivity contribution in [2.45, 2.75) is 22.8 Å². The maximum atomic E-state index is 5.90. The first-order chi connectivity index (χ1) is 10.8. The Balaban J connectivity index is 1.45. The minimum atomic E-state index is 0.757. The second kappa shape index (κ2) is 8.06. The van der Waals surface area contributed by atoms with E-state index in [0.29, 0.717) is 0 Å². The molecular weight excluding hydrogens is 318 g/mol. The van der Waals surface area contributed by atoms with Gasteiger partial charge in [0.15, 0.2) is 5.09 Å². The summed E-state index contributed by atoms with van der Waals surface area (Å²) in [6, 6.07) is 11.9. The van der Waals surface area contributed by atoms with Crippen molar-refractivity contribution in [3.63, 3.8) is 0 Å².